The van der Waals surface area contributed by atoms with Crippen LogP contribution in [-0.4, -0.2) is 44.9 Å². The molecule has 0 spiro atoms. The Kier molecular flexibility index (Phi) is 9.33. The second-order valence-corrected chi connectivity index (χ2v) is 11.2. The largest absolute Gasteiger partial charge is 0.478 e. The van der Waals surface area contributed by atoms with Crippen LogP contribution in [0.4, 0.5) is 17.1 Å². The van der Waals surface area contributed by atoms with E-state index >= 15 is 0 Å². The molecule has 4 amide bonds. The number of nitro benzene ring substituents is 1. The topological polar surface area (TPSA) is 176 Å². The second-order valence-electron chi connectivity index (χ2n) is 9.94. The fourth-order valence-corrected chi connectivity index (χ4v) is 5.64. The Bertz CT molecular complexity index is 1880. The average Bonchev–Trinajstić information content (AvgIpc) is 3.33. The Morgan fingerprint density at radius 2 is 1.59 bits per heavy atom. The van der Waals surface area contributed by atoms with E-state index in [4.69, 9.17) is 5.11 Å². The number of amides is 4. The maximum atomic E-state index is 13.4. The summed E-state index contributed by atoms with van der Waals surface area (Å²) >= 11 is 1.14. The number of carbonyl (C=O) groups is 5. The van der Waals surface area contributed by atoms with Gasteiger partial charge in [0.2, 0.25) is 11.8 Å². The van der Waals surface area contributed by atoms with Crippen LogP contribution in [0.15, 0.2) is 114 Å². The molecule has 4 aromatic carbocycles. The summed E-state index contributed by atoms with van der Waals surface area (Å²) in [6, 6.07) is 25.8. The third kappa shape index (κ3) is 7.34. The van der Waals surface area contributed by atoms with Gasteiger partial charge >= 0.3 is 5.97 Å². The number of non-ortho nitro benzene ring substituents is 1. The lowest BCUT2D eigenvalue weighted by Gasteiger charge is -2.15. The second kappa shape index (κ2) is 13.7. The molecule has 13 heteroatoms. The Balaban J connectivity index is 1.32. The van der Waals surface area contributed by atoms with Crippen LogP contribution in [0.1, 0.15) is 32.7 Å². The minimum atomic E-state index is -1.13. The molecule has 0 bridgehead atoms. The summed E-state index contributed by atoms with van der Waals surface area (Å²) < 4.78 is 0. The number of carbonyl (C=O) groups excluding carboxylic acids is 4. The molecular formula is C33H24N4O8S. The molecule has 4 aromatic rings. The van der Waals surface area contributed by atoms with Crippen LogP contribution in [0.2, 0.25) is 0 Å². The first kappa shape index (κ1) is 31.3. The van der Waals surface area contributed by atoms with E-state index in [0.717, 1.165) is 16.7 Å². The first-order valence-corrected chi connectivity index (χ1v) is 14.6. The standard InChI is InChI=1S/C33H24N4O8S/c38-29-19-28(32(41)36(29)24-15-11-22(12-16-24)33(42)43)46-26-8-4-7-23(18-26)34-31(40)27(35-30(39)21-5-2-1-3-6-21)17-20-9-13-25(14-10-20)37(44)45/h1-18,28H,19H2,(H,34,40)(H,35,39)(H,42,43)/b27-17-/t28-/m0/s1. The molecule has 5 rings (SSSR count). The number of rotatable bonds is 10. The Morgan fingerprint density at radius 1 is 0.891 bits per heavy atom. The highest BCUT2D eigenvalue weighted by Gasteiger charge is 2.40. The smallest absolute Gasteiger partial charge is 0.335 e. The zero-order valence-electron chi connectivity index (χ0n) is 23.8. The summed E-state index contributed by atoms with van der Waals surface area (Å²) in [4.78, 5) is 75.5. The predicted octanol–water partition coefficient (Wildman–Crippen LogP) is 5.13. The molecule has 46 heavy (non-hydrogen) atoms. The van der Waals surface area contributed by atoms with Crippen molar-refractivity contribution in [2.45, 2.75) is 16.6 Å². The molecular weight excluding hydrogens is 612 g/mol. The summed E-state index contributed by atoms with van der Waals surface area (Å²) in [5.41, 5.74) is 1.13. The highest BCUT2D eigenvalue weighted by molar-refractivity contribution is 8.00. The van der Waals surface area contributed by atoms with Gasteiger partial charge in [-0.2, -0.15) is 0 Å². The third-order valence-electron chi connectivity index (χ3n) is 6.79. The molecule has 3 N–H and O–H groups in total. The highest BCUT2D eigenvalue weighted by atomic mass is 32.2. The molecule has 0 unspecified atom stereocenters. The van der Waals surface area contributed by atoms with Crippen LogP contribution in [0.3, 0.4) is 0 Å². The molecule has 0 aliphatic carbocycles. The summed E-state index contributed by atoms with van der Waals surface area (Å²) in [5, 5.41) is 24.7. The normalized spacial score (nSPS) is 14.6. The van der Waals surface area contributed by atoms with E-state index in [1.54, 1.807) is 54.6 Å². The fraction of sp³-hybridized carbons (Fsp3) is 0.0606. The van der Waals surface area contributed by atoms with Gasteiger partial charge in [-0.1, -0.05) is 24.3 Å². The molecule has 1 heterocycles. The van der Waals surface area contributed by atoms with Gasteiger partial charge < -0.3 is 15.7 Å². The molecule has 1 atom stereocenters. The van der Waals surface area contributed by atoms with Gasteiger partial charge in [-0.3, -0.25) is 29.3 Å². The van der Waals surface area contributed by atoms with Gasteiger partial charge in [-0.15, -0.1) is 11.8 Å². The summed E-state index contributed by atoms with van der Waals surface area (Å²) in [7, 11) is 0. The summed E-state index contributed by atoms with van der Waals surface area (Å²) in [6.07, 6.45) is 1.31. The van der Waals surface area contributed by atoms with E-state index < -0.39 is 39.8 Å². The first-order valence-electron chi connectivity index (χ1n) is 13.7. The number of carboxylic acids is 1. The van der Waals surface area contributed by atoms with Crippen LogP contribution in [0.5, 0.6) is 0 Å². The van der Waals surface area contributed by atoms with Gasteiger partial charge in [-0.05, 0) is 78.4 Å². The van der Waals surface area contributed by atoms with Crippen molar-refractivity contribution >= 4 is 64.5 Å². The zero-order valence-corrected chi connectivity index (χ0v) is 24.6. The SMILES string of the molecule is O=C(Nc1cccc(S[C@H]2CC(=O)N(c3ccc(C(=O)O)cc3)C2=O)c1)/C(=C/c1ccc([N+](=O)[O-])cc1)NC(=O)c1ccccc1. The molecule has 1 aliphatic rings. The number of carboxylic acid groups (broad SMARTS) is 1. The first-order chi connectivity index (χ1) is 22.1. The van der Waals surface area contributed by atoms with Crippen molar-refractivity contribution in [3.63, 3.8) is 0 Å². The summed E-state index contributed by atoms with van der Waals surface area (Å²) in [5.74, 6) is -3.22. The number of nitrogens with one attached hydrogen (secondary N) is 2. The van der Waals surface area contributed by atoms with E-state index in [1.807, 2.05) is 0 Å². The zero-order chi connectivity index (χ0) is 32.8. The Labute approximate surface area is 265 Å². The lowest BCUT2D eigenvalue weighted by Crippen LogP contribution is -2.31. The highest BCUT2D eigenvalue weighted by Crippen LogP contribution is 2.35. The van der Waals surface area contributed by atoms with Crippen LogP contribution in [0.25, 0.3) is 6.08 Å². The molecule has 1 saturated heterocycles. The molecule has 12 nitrogen and oxygen atoms in total. The van der Waals surface area contributed by atoms with Gasteiger partial charge in [0, 0.05) is 34.7 Å². The van der Waals surface area contributed by atoms with Crippen molar-refractivity contribution in [2.75, 3.05) is 10.2 Å². The molecule has 0 aromatic heterocycles. The third-order valence-corrected chi connectivity index (χ3v) is 7.97. The van der Waals surface area contributed by atoms with Crippen molar-refractivity contribution in [3.8, 4) is 0 Å². The van der Waals surface area contributed by atoms with Gasteiger partial charge in [0.1, 0.15) is 5.70 Å². The quantitative estimate of drug-likeness (QED) is 0.0922. The van der Waals surface area contributed by atoms with Crippen LogP contribution in [-0.2, 0) is 14.4 Å². The number of nitrogens with zero attached hydrogens (tertiary/aromatic N) is 2. The number of hydrogen-bond donors (Lipinski definition) is 3. The van der Waals surface area contributed by atoms with Crippen LogP contribution >= 0.6 is 11.8 Å². The van der Waals surface area contributed by atoms with Crippen LogP contribution in [0, 0.1) is 10.1 Å². The van der Waals surface area contributed by atoms with E-state index in [0.29, 0.717) is 21.7 Å². The number of anilines is 2. The minimum Gasteiger partial charge on any atom is -0.478 e. The predicted molar refractivity (Wildman–Crippen MR) is 170 cm³/mol. The van der Waals surface area contributed by atoms with Gasteiger partial charge in [0.15, 0.2) is 0 Å². The molecule has 1 fully saturated rings. The van der Waals surface area contributed by atoms with Gasteiger partial charge in [0.25, 0.3) is 17.5 Å². The van der Waals surface area contributed by atoms with E-state index in [9.17, 15) is 34.1 Å². The number of imide groups is 1. The molecule has 1 aliphatic heterocycles. The van der Waals surface area contributed by atoms with Gasteiger partial charge in [0.05, 0.1) is 21.4 Å². The average molecular weight is 637 g/mol. The number of thioether (sulfide) groups is 1. The van der Waals surface area contributed by atoms with Crippen molar-refractivity contribution in [1.82, 2.24) is 5.32 Å². The van der Waals surface area contributed by atoms with Crippen molar-refractivity contribution in [1.29, 1.82) is 0 Å². The Morgan fingerprint density at radius 3 is 2.24 bits per heavy atom. The summed E-state index contributed by atoms with van der Waals surface area (Å²) in [6.45, 7) is 0. The van der Waals surface area contributed by atoms with E-state index in [-0.39, 0.29) is 29.1 Å². The maximum Gasteiger partial charge on any atom is 0.335 e. The number of hydrogen-bond acceptors (Lipinski definition) is 8. The van der Waals surface area contributed by atoms with E-state index in [2.05, 4.69) is 10.6 Å². The molecule has 0 radical (unpaired) electrons. The minimum absolute atomic E-state index is 0.0259. The molecule has 230 valence electrons. The van der Waals surface area contributed by atoms with Crippen molar-refractivity contribution < 1.29 is 34.0 Å². The number of aromatic carboxylic acids is 1. The monoisotopic (exact) mass is 636 g/mol. The number of nitro groups is 1. The fourth-order valence-electron chi connectivity index (χ4n) is 4.53. The lowest BCUT2D eigenvalue weighted by molar-refractivity contribution is -0.384. The molecule has 0 saturated carbocycles. The van der Waals surface area contributed by atoms with Crippen molar-refractivity contribution in [3.05, 3.63) is 136 Å². The van der Waals surface area contributed by atoms with E-state index in [1.165, 1.54) is 54.6 Å². The lowest BCUT2D eigenvalue weighted by atomic mass is 10.1. The maximum absolute atomic E-state index is 13.4. The van der Waals surface area contributed by atoms with Crippen molar-refractivity contribution in [2.24, 2.45) is 0 Å². The Hall–Kier alpha value is -6.08. The van der Waals surface area contributed by atoms with Gasteiger partial charge in [-0.25, -0.2) is 9.69 Å². The number of benzene rings is 4. The van der Waals surface area contributed by atoms with Crippen LogP contribution < -0.4 is 15.5 Å².